The summed E-state index contributed by atoms with van der Waals surface area (Å²) in [5.41, 5.74) is 0.515. The zero-order valence-electron chi connectivity index (χ0n) is 13.2. The van der Waals surface area contributed by atoms with Crippen LogP contribution in [0.15, 0.2) is 24.3 Å². The van der Waals surface area contributed by atoms with Gasteiger partial charge in [-0.2, -0.15) is 0 Å². The van der Waals surface area contributed by atoms with Crippen molar-refractivity contribution in [2.45, 2.75) is 33.1 Å². The highest BCUT2D eigenvalue weighted by Crippen LogP contribution is 2.25. The fourth-order valence-corrected chi connectivity index (χ4v) is 3.07. The maximum atomic E-state index is 12.5. The zero-order valence-corrected chi connectivity index (χ0v) is 14.8. The lowest BCUT2D eigenvalue weighted by molar-refractivity contribution is -0.123. The van der Waals surface area contributed by atoms with Crippen LogP contribution < -0.4 is 0 Å². The summed E-state index contributed by atoms with van der Waals surface area (Å²) in [4.78, 5) is 14.9. The fraction of sp³-hybridized carbons (Fsp3) is 0.500. The minimum Gasteiger partial charge on any atom is -0.302 e. The number of carbonyl (C=O) groups is 1. The Labute approximate surface area is 143 Å². The summed E-state index contributed by atoms with van der Waals surface area (Å²) in [5.74, 6) is 0.143. The molecule has 4 heteroatoms. The molecule has 2 rings (SSSR count). The summed E-state index contributed by atoms with van der Waals surface area (Å²) in [7, 11) is 0. The number of carbonyl (C=O) groups excluding carboxylic acids is 1. The van der Waals surface area contributed by atoms with Gasteiger partial charge in [0.25, 0.3) is 0 Å². The van der Waals surface area contributed by atoms with Crippen LogP contribution in [0.4, 0.5) is 0 Å². The predicted octanol–water partition coefficient (Wildman–Crippen LogP) is 5.09. The van der Waals surface area contributed by atoms with Gasteiger partial charge in [0.1, 0.15) is 0 Å². The maximum absolute atomic E-state index is 12.5. The van der Waals surface area contributed by atoms with E-state index in [-0.39, 0.29) is 11.2 Å². The number of hydrogen-bond acceptors (Lipinski definition) is 2. The number of halogens is 2. The number of rotatable bonds is 5. The van der Waals surface area contributed by atoms with E-state index in [1.54, 1.807) is 18.2 Å². The van der Waals surface area contributed by atoms with Crippen molar-refractivity contribution in [1.29, 1.82) is 0 Å². The number of allylic oxidation sites excluding steroid dienone is 1. The Kier molecular flexibility index (Phi) is 6.08. The molecule has 0 unspecified atom stereocenters. The van der Waals surface area contributed by atoms with Gasteiger partial charge in [0.2, 0.25) is 0 Å². The largest absolute Gasteiger partial charge is 0.302 e. The third-order valence-corrected chi connectivity index (χ3v) is 4.84. The number of piperidine rings is 1. The first-order valence-corrected chi connectivity index (χ1v) is 8.54. The van der Waals surface area contributed by atoms with Gasteiger partial charge in [-0.3, -0.25) is 4.79 Å². The van der Waals surface area contributed by atoms with Crippen LogP contribution in [0.3, 0.4) is 0 Å². The average Bonchev–Trinajstić information content (AvgIpc) is 2.48. The molecule has 1 aromatic rings. The lowest BCUT2D eigenvalue weighted by Crippen LogP contribution is -2.41. The Morgan fingerprint density at radius 1 is 1.18 bits per heavy atom. The molecule has 0 amide bonds. The zero-order chi connectivity index (χ0) is 16.2. The number of hydrogen-bond donors (Lipinski definition) is 0. The predicted molar refractivity (Wildman–Crippen MR) is 94.6 cm³/mol. The first-order valence-electron chi connectivity index (χ1n) is 7.78. The lowest BCUT2D eigenvalue weighted by Gasteiger charge is -2.33. The van der Waals surface area contributed by atoms with Gasteiger partial charge in [-0.25, -0.2) is 0 Å². The maximum Gasteiger partial charge on any atom is 0.162 e. The highest BCUT2D eigenvalue weighted by molar-refractivity contribution is 6.42. The summed E-state index contributed by atoms with van der Waals surface area (Å²) >= 11 is 11.9. The number of benzene rings is 1. The first kappa shape index (κ1) is 17.5. The van der Waals surface area contributed by atoms with Crippen molar-refractivity contribution in [2.24, 2.45) is 5.41 Å². The normalized spacial score (nSPS) is 17.1. The van der Waals surface area contributed by atoms with E-state index in [2.05, 4.69) is 4.90 Å². The van der Waals surface area contributed by atoms with Gasteiger partial charge in [0.05, 0.1) is 10.0 Å². The summed E-state index contributed by atoms with van der Waals surface area (Å²) in [6.45, 7) is 7.06. The van der Waals surface area contributed by atoms with E-state index in [0.717, 1.165) is 25.2 Å². The third kappa shape index (κ3) is 4.84. The molecular weight excluding hydrogens is 317 g/mol. The van der Waals surface area contributed by atoms with E-state index in [1.807, 2.05) is 26.0 Å². The fourth-order valence-electron chi connectivity index (χ4n) is 2.77. The lowest BCUT2D eigenvalue weighted by atomic mass is 9.86. The van der Waals surface area contributed by atoms with Crippen molar-refractivity contribution in [1.82, 2.24) is 4.90 Å². The van der Waals surface area contributed by atoms with E-state index >= 15 is 0 Å². The van der Waals surface area contributed by atoms with Crippen LogP contribution in [0, 0.1) is 5.41 Å². The standard InChI is InChI=1S/C18H23Cl2NO/c1-18(2,13-21-10-4-3-5-11-21)17(22)9-7-14-6-8-15(19)16(20)12-14/h6-9,12H,3-5,10-11,13H2,1-2H3/b9-7-. The van der Waals surface area contributed by atoms with Gasteiger partial charge in [-0.1, -0.05) is 55.6 Å². The van der Waals surface area contributed by atoms with Crippen molar-refractivity contribution >= 4 is 35.1 Å². The molecule has 0 saturated carbocycles. The number of nitrogens with zero attached hydrogens (tertiary/aromatic N) is 1. The average molecular weight is 340 g/mol. The highest BCUT2D eigenvalue weighted by Gasteiger charge is 2.28. The first-order chi connectivity index (χ1) is 10.4. The molecule has 0 aliphatic carbocycles. The summed E-state index contributed by atoms with van der Waals surface area (Å²) in [6, 6.07) is 5.37. The van der Waals surface area contributed by atoms with Gasteiger partial charge in [-0.15, -0.1) is 0 Å². The number of likely N-dealkylation sites (tertiary alicyclic amines) is 1. The SMILES string of the molecule is CC(C)(CN1CCCCC1)C(=O)/C=C\c1ccc(Cl)c(Cl)c1. The minimum absolute atomic E-state index is 0.143. The van der Waals surface area contributed by atoms with Crippen molar-refractivity contribution in [3.8, 4) is 0 Å². The summed E-state index contributed by atoms with van der Waals surface area (Å²) < 4.78 is 0. The Bertz CT molecular complexity index is 560. The minimum atomic E-state index is -0.371. The molecule has 120 valence electrons. The van der Waals surface area contributed by atoms with Crippen molar-refractivity contribution in [3.05, 3.63) is 39.9 Å². The van der Waals surface area contributed by atoms with Gasteiger partial charge < -0.3 is 4.90 Å². The Hall–Kier alpha value is -0.830. The smallest absolute Gasteiger partial charge is 0.162 e. The van der Waals surface area contributed by atoms with E-state index in [0.29, 0.717) is 10.0 Å². The molecule has 1 heterocycles. The molecule has 0 N–H and O–H groups in total. The van der Waals surface area contributed by atoms with Gasteiger partial charge in [0, 0.05) is 12.0 Å². The van der Waals surface area contributed by atoms with Crippen LogP contribution in [-0.2, 0) is 4.79 Å². The molecule has 1 fully saturated rings. The second-order valence-electron chi connectivity index (χ2n) is 6.59. The molecular formula is C18H23Cl2NO. The number of ketones is 1. The van der Waals surface area contributed by atoms with Crippen molar-refractivity contribution in [2.75, 3.05) is 19.6 Å². The topological polar surface area (TPSA) is 20.3 Å². The molecule has 0 spiro atoms. The summed E-state index contributed by atoms with van der Waals surface area (Å²) in [6.07, 6.45) is 7.25. The molecule has 1 aliphatic rings. The molecule has 0 atom stereocenters. The van der Waals surface area contributed by atoms with Gasteiger partial charge in [-0.05, 0) is 49.7 Å². The molecule has 0 aromatic heterocycles. The molecule has 0 bridgehead atoms. The van der Waals surface area contributed by atoms with Crippen molar-refractivity contribution in [3.63, 3.8) is 0 Å². The highest BCUT2D eigenvalue weighted by atomic mass is 35.5. The quantitative estimate of drug-likeness (QED) is 0.696. The van der Waals surface area contributed by atoms with E-state index in [1.165, 1.54) is 19.3 Å². The molecule has 22 heavy (non-hydrogen) atoms. The van der Waals surface area contributed by atoms with E-state index < -0.39 is 0 Å². The third-order valence-electron chi connectivity index (χ3n) is 4.11. The second-order valence-corrected chi connectivity index (χ2v) is 7.41. The monoisotopic (exact) mass is 339 g/mol. The molecule has 1 aliphatic heterocycles. The molecule has 2 nitrogen and oxygen atoms in total. The van der Waals surface area contributed by atoms with Crippen LogP contribution in [0.5, 0.6) is 0 Å². The van der Waals surface area contributed by atoms with Crippen LogP contribution in [0.2, 0.25) is 10.0 Å². The van der Waals surface area contributed by atoms with Crippen LogP contribution in [0.1, 0.15) is 38.7 Å². The van der Waals surface area contributed by atoms with E-state index in [9.17, 15) is 4.79 Å². The Morgan fingerprint density at radius 3 is 2.50 bits per heavy atom. The molecule has 1 saturated heterocycles. The Balaban J connectivity index is 1.99. The Morgan fingerprint density at radius 2 is 1.86 bits per heavy atom. The molecule has 0 radical (unpaired) electrons. The van der Waals surface area contributed by atoms with E-state index in [4.69, 9.17) is 23.2 Å². The summed E-state index contributed by atoms with van der Waals surface area (Å²) in [5, 5.41) is 1.03. The van der Waals surface area contributed by atoms with Crippen LogP contribution in [-0.4, -0.2) is 30.3 Å². The van der Waals surface area contributed by atoms with Crippen LogP contribution in [0.25, 0.3) is 6.08 Å². The van der Waals surface area contributed by atoms with Crippen LogP contribution >= 0.6 is 23.2 Å². The second kappa shape index (κ2) is 7.63. The van der Waals surface area contributed by atoms with Crippen molar-refractivity contribution < 1.29 is 4.79 Å². The van der Waals surface area contributed by atoms with Gasteiger partial charge >= 0.3 is 0 Å². The molecule has 1 aromatic carbocycles. The van der Waals surface area contributed by atoms with Gasteiger partial charge in [0.15, 0.2) is 5.78 Å².